The Bertz CT molecular complexity index is 2990. The van der Waals surface area contributed by atoms with Crippen molar-refractivity contribution in [3.8, 4) is 0 Å². The summed E-state index contributed by atoms with van der Waals surface area (Å²) in [6, 6.07) is 7.15. The summed E-state index contributed by atoms with van der Waals surface area (Å²) in [4.78, 5) is 137. The number of carbonyl (C=O) groups is 10. The minimum Gasteiger partial charge on any atom is -0.480 e. The van der Waals surface area contributed by atoms with Gasteiger partial charge in [-0.2, -0.15) is 0 Å². The molecule has 0 saturated heterocycles. The first-order valence-corrected chi connectivity index (χ1v) is 33.3. The zero-order valence-electron chi connectivity index (χ0n) is 56.5. The van der Waals surface area contributed by atoms with Gasteiger partial charge in [-0.1, -0.05) is 107 Å². The van der Waals surface area contributed by atoms with E-state index in [1.807, 2.05) is 48.5 Å². The molecule has 97 heavy (non-hydrogen) atoms. The molecule has 0 aliphatic heterocycles. The number of nitrogens with zero attached hydrogens (tertiary/aromatic N) is 3. The normalized spacial score (nSPS) is 14.6. The predicted octanol–water partition coefficient (Wildman–Crippen LogP) is -1.03. The topological polar surface area (TPSA) is 540 Å². The molecule has 1 heterocycles. The number of nitrogens with one attached hydrogen (secondary N) is 12. The minimum absolute atomic E-state index is 0.0348. The molecule has 0 bridgehead atoms. The molecule has 3 aromatic rings. The number of hydrogen-bond acceptors (Lipinski definition) is 17. The van der Waals surface area contributed by atoms with Crippen molar-refractivity contribution in [2.45, 2.75) is 205 Å². The first-order chi connectivity index (χ1) is 46.2. The number of benzene rings is 2. The van der Waals surface area contributed by atoms with Gasteiger partial charge in [0.15, 0.2) is 11.9 Å². The number of aromatic nitrogens is 3. The monoisotopic (exact) mass is 1360 g/mol. The Balaban J connectivity index is 1.76. The van der Waals surface area contributed by atoms with Crippen molar-refractivity contribution in [2.75, 3.05) is 26.2 Å². The third-order valence-corrected chi connectivity index (χ3v) is 16.4. The van der Waals surface area contributed by atoms with Crippen molar-refractivity contribution in [1.82, 2.24) is 68.2 Å². The smallest absolute Gasteiger partial charge is 0.326 e. The van der Waals surface area contributed by atoms with Crippen LogP contribution in [0.5, 0.6) is 0 Å². The van der Waals surface area contributed by atoms with Crippen LogP contribution in [0.15, 0.2) is 66.9 Å². The van der Waals surface area contributed by atoms with E-state index in [4.69, 9.17) is 39.5 Å². The van der Waals surface area contributed by atoms with Crippen LogP contribution in [0, 0.1) is 28.6 Å². The van der Waals surface area contributed by atoms with E-state index in [2.05, 4.69) is 63.5 Å². The molecule has 0 saturated carbocycles. The number of carbonyl (C=O) groups excluding carboxylic acids is 8. The third-order valence-electron chi connectivity index (χ3n) is 16.4. The third kappa shape index (κ3) is 31.0. The highest BCUT2D eigenvalue weighted by Crippen LogP contribution is 2.16. The number of aryl methyl sites for hydroxylation is 1. The van der Waals surface area contributed by atoms with E-state index in [0.717, 1.165) is 11.1 Å². The van der Waals surface area contributed by atoms with E-state index >= 15 is 0 Å². The molecule has 32 nitrogen and oxygen atoms in total. The molecular weight excluding hydrogens is 1250 g/mol. The molecule has 3 rings (SSSR count). The summed E-state index contributed by atoms with van der Waals surface area (Å²) in [6.07, 6.45) is 5.06. The second-order valence-corrected chi connectivity index (χ2v) is 24.7. The molecule has 0 aliphatic rings. The van der Waals surface area contributed by atoms with Crippen LogP contribution >= 0.6 is 0 Å². The van der Waals surface area contributed by atoms with Crippen LogP contribution in [0.25, 0.3) is 0 Å². The fourth-order valence-electron chi connectivity index (χ4n) is 10.4. The number of unbranched alkanes of at least 4 members (excludes halogenated alkanes) is 3. The van der Waals surface area contributed by atoms with Gasteiger partial charge in [0.25, 0.3) is 0 Å². The molecule has 1 unspecified atom stereocenters. The minimum atomic E-state index is -1.37. The van der Waals surface area contributed by atoms with Crippen LogP contribution in [-0.2, 0) is 73.8 Å². The first kappa shape index (κ1) is 81.9. The van der Waals surface area contributed by atoms with Crippen molar-refractivity contribution in [1.29, 1.82) is 10.8 Å². The van der Waals surface area contributed by atoms with E-state index in [0.29, 0.717) is 63.7 Å². The molecule has 11 atom stereocenters. The summed E-state index contributed by atoms with van der Waals surface area (Å²) in [6.45, 7) is 9.59. The summed E-state index contributed by atoms with van der Waals surface area (Å²) in [7, 11) is 0. The fourth-order valence-corrected chi connectivity index (χ4v) is 10.4. The molecular formula is C65H106N20O12. The zero-order chi connectivity index (χ0) is 72.0. The second kappa shape index (κ2) is 44.4. The molecule has 0 spiro atoms. The van der Waals surface area contributed by atoms with Gasteiger partial charge < -0.3 is 92.0 Å². The molecule has 0 fully saturated rings. The van der Waals surface area contributed by atoms with Crippen LogP contribution in [0.4, 0.5) is 0 Å². The van der Waals surface area contributed by atoms with Crippen molar-refractivity contribution < 1.29 is 58.2 Å². The lowest BCUT2D eigenvalue weighted by Gasteiger charge is -2.30. The highest BCUT2D eigenvalue weighted by atomic mass is 16.4. The summed E-state index contributed by atoms with van der Waals surface area (Å²) in [5.41, 5.74) is 31.0. The van der Waals surface area contributed by atoms with Gasteiger partial charge in [0.2, 0.25) is 47.3 Å². The lowest BCUT2D eigenvalue weighted by molar-refractivity contribution is -0.143. The van der Waals surface area contributed by atoms with Crippen molar-refractivity contribution in [2.24, 2.45) is 46.4 Å². The number of carboxylic acids is 2. The molecule has 538 valence electrons. The molecule has 24 N–H and O–H groups in total. The van der Waals surface area contributed by atoms with Crippen molar-refractivity contribution in [3.63, 3.8) is 0 Å². The average molecular weight is 1360 g/mol. The Morgan fingerprint density at radius 3 is 1.36 bits per heavy atom. The SMILES string of the molecule is CCC(C)[C@@H](NC(=O)[C@@H](CCCNC(=N)N)NC(=O)[C@@H](CCCNC(=N)N)NC(=O)[C@H](N)Cc1cnnn1CCCC[C@@H](NC(=O)[C@@H](CCCCN)NC(=O)[C@@H](Cc1ccccc1)NC(=O)[C@H](C)Cc1ccccc1)C(=O)O)C(=O)N[C@@H](C(=O)N[C@H](CCCCN)C(=O)O)C(C)C. The highest BCUT2D eigenvalue weighted by molar-refractivity contribution is 5.97. The van der Waals surface area contributed by atoms with Gasteiger partial charge in [-0.25, -0.2) is 14.3 Å². The van der Waals surface area contributed by atoms with Crippen LogP contribution in [0.2, 0.25) is 0 Å². The molecule has 0 radical (unpaired) electrons. The van der Waals surface area contributed by atoms with Crippen molar-refractivity contribution in [3.05, 3.63) is 83.7 Å². The standard InChI is InChI=1S/C65H106N20O12/c1-6-40(4)53(61(93)82-52(39(2)3)60(92)80-50(63(96)97)26-14-17-31-67)83-58(90)48(29-20-33-74-65(71)72)77-56(88)47(28-19-32-73-64(69)70)76-55(87)45(68)37-44-38-75-84-85(44)34-18-15-27-49(62(94)95)79-57(89)46(25-13-16-30-66)78-59(91)51(36-43-23-11-8-12-24-43)81-54(86)41(5)35-42-21-9-7-10-22-42/h7-12,21-24,38-41,45-53H,6,13-20,25-37,66-68H2,1-5H3,(H,76,87)(H,77,88)(H,78,91)(H,79,89)(H,80,92)(H,81,86)(H,82,93)(H,83,90)(H,94,95)(H,96,97)(H4,69,70,73)(H4,71,72,74)/t40?,41-,45-,46-,47-,48-,49-,50-,51-,52-,53-/m1/s1. The predicted molar refractivity (Wildman–Crippen MR) is 364 cm³/mol. The van der Waals surface area contributed by atoms with Gasteiger partial charge in [-0.3, -0.25) is 49.2 Å². The lowest BCUT2D eigenvalue weighted by Crippen LogP contribution is -2.61. The fraction of sp³-hybridized carbons (Fsp3) is 0.600. The Morgan fingerprint density at radius 1 is 0.485 bits per heavy atom. The summed E-state index contributed by atoms with van der Waals surface area (Å²) < 4.78 is 1.48. The Kier molecular flexibility index (Phi) is 37.5. The van der Waals surface area contributed by atoms with E-state index in [9.17, 15) is 58.2 Å². The number of hydrogen-bond donors (Lipinski definition) is 19. The zero-order valence-corrected chi connectivity index (χ0v) is 56.5. The molecule has 2 aromatic carbocycles. The number of rotatable bonds is 48. The Hall–Kier alpha value is -9.30. The van der Waals surface area contributed by atoms with Gasteiger partial charge in [-0.05, 0) is 126 Å². The van der Waals surface area contributed by atoms with Crippen LogP contribution in [-0.4, -0.2) is 177 Å². The second-order valence-electron chi connectivity index (χ2n) is 24.7. The largest absolute Gasteiger partial charge is 0.480 e. The quantitative estimate of drug-likeness (QED) is 0.0183. The van der Waals surface area contributed by atoms with Gasteiger partial charge in [-0.15, -0.1) is 5.10 Å². The van der Waals surface area contributed by atoms with Gasteiger partial charge in [0, 0.05) is 38.4 Å². The van der Waals surface area contributed by atoms with E-state index in [-0.39, 0.29) is 102 Å². The maximum atomic E-state index is 14.4. The molecule has 32 heteroatoms. The maximum Gasteiger partial charge on any atom is 0.326 e. The summed E-state index contributed by atoms with van der Waals surface area (Å²) in [5.74, 6) is -10.5. The summed E-state index contributed by atoms with van der Waals surface area (Å²) in [5, 5.41) is 70.4. The van der Waals surface area contributed by atoms with E-state index < -0.39 is 125 Å². The highest BCUT2D eigenvalue weighted by Gasteiger charge is 2.37. The molecule has 8 amide bonds. The van der Waals surface area contributed by atoms with Gasteiger partial charge >= 0.3 is 11.9 Å². The number of aliphatic carboxylic acids is 2. The maximum absolute atomic E-state index is 14.4. The number of nitrogens with two attached hydrogens (primary N) is 5. The van der Waals surface area contributed by atoms with Crippen LogP contribution in [0.3, 0.4) is 0 Å². The Labute approximate surface area is 567 Å². The van der Waals surface area contributed by atoms with E-state index in [1.165, 1.54) is 10.9 Å². The van der Waals surface area contributed by atoms with Crippen LogP contribution in [0.1, 0.15) is 141 Å². The number of guanidine groups is 2. The summed E-state index contributed by atoms with van der Waals surface area (Å²) >= 11 is 0. The van der Waals surface area contributed by atoms with Gasteiger partial charge in [0.1, 0.15) is 48.3 Å². The van der Waals surface area contributed by atoms with Crippen molar-refractivity contribution >= 4 is 71.1 Å². The van der Waals surface area contributed by atoms with Gasteiger partial charge in [0.05, 0.1) is 17.9 Å². The molecule has 0 aliphatic carbocycles. The lowest BCUT2D eigenvalue weighted by atomic mass is 9.95. The average Bonchev–Trinajstić information content (AvgIpc) is 1.25. The molecule has 1 aromatic heterocycles. The first-order valence-electron chi connectivity index (χ1n) is 33.3. The number of carboxylic acid groups (broad SMARTS) is 2. The Morgan fingerprint density at radius 2 is 0.887 bits per heavy atom. The van der Waals surface area contributed by atoms with E-state index in [1.54, 1.807) is 46.8 Å². The van der Waals surface area contributed by atoms with Crippen LogP contribution < -0.4 is 81.8 Å². The number of amides is 8.